The molecule has 1 aliphatic carbocycles. The zero-order chi connectivity index (χ0) is 22.3. The van der Waals surface area contributed by atoms with Gasteiger partial charge in [0.05, 0.1) is 10.6 Å². The minimum Gasteiger partial charge on any atom is -0.295 e. The fourth-order valence-electron chi connectivity index (χ4n) is 4.31. The molecule has 1 aliphatic heterocycles. The molecule has 1 N–H and O–H groups in total. The molecule has 0 bridgehead atoms. The van der Waals surface area contributed by atoms with Crippen molar-refractivity contribution in [2.24, 2.45) is 0 Å². The summed E-state index contributed by atoms with van der Waals surface area (Å²) in [6.07, 6.45) is 3.35. The molecule has 1 amide bonds. The molecule has 1 saturated heterocycles. The predicted octanol–water partition coefficient (Wildman–Crippen LogP) is 5.06. The van der Waals surface area contributed by atoms with Crippen LogP contribution in [0.25, 0.3) is 0 Å². The Kier molecular flexibility index (Phi) is 5.47. The molecule has 5 nitrogen and oxygen atoms in total. The Bertz CT molecular complexity index is 1270. The summed E-state index contributed by atoms with van der Waals surface area (Å²) in [6, 6.07) is 20.4. The van der Waals surface area contributed by atoms with E-state index in [9.17, 15) is 13.2 Å². The molecule has 1 heterocycles. The molecule has 3 aromatic rings. The number of rotatable bonds is 5. The number of carbonyl (C=O) groups excluding carboxylic acids is 1. The fourth-order valence-corrected chi connectivity index (χ4v) is 6.54. The number of carbonyl (C=O) groups is 1. The standard InChI is InChI=1S/C25H24N2O3S2/c1-17-5-13-23(14-6-17)32(29,30)26-21-10-7-19(8-11-21)25-27(24(28)16-31-25)22-12-9-18-3-2-4-20(18)15-22/h5-15,25-26H,2-4,16H2,1H3. The summed E-state index contributed by atoms with van der Waals surface area (Å²) in [5.41, 5.74) is 6.13. The minimum absolute atomic E-state index is 0.0992. The number of thioether (sulfide) groups is 1. The number of aryl methyl sites for hydroxylation is 3. The Morgan fingerprint density at radius 1 is 0.938 bits per heavy atom. The lowest BCUT2D eigenvalue weighted by atomic mass is 10.1. The third kappa shape index (κ3) is 4.02. The Morgan fingerprint density at radius 3 is 2.41 bits per heavy atom. The maximum atomic E-state index is 12.7. The lowest BCUT2D eigenvalue weighted by Crippen LogP contribution is -2.27. The molecular formula is C25H24N2O3S2. The summed E-state index contributed by atoms with van der Waals surface area (Å²) < 4.78 is 28.0. The van der Waals surface area contributed by atoms with E-state index in [1.165, 1.54) is 17.5 Å². The third-order valence-electron chi connectivity index (χ3n) is 6.01. The second-order valence-electron chi connectivity index (χ2n) is 8.27. The van der Waals surface area contributed by atoms with Gasteiger partial charge in [-0.3, -0.25) is 14.4 Å². The van der Waals surface area contributed by atoms with Crippen molar-refractivity contribution >= 4 is 39.1 Å². The van der Waals surface area contributed by atoms with Gasteiger partial charge in [0, 0.05) is 11.4 Å². The van der Waals surface area contributed by atoms with Crippen LogP contribution in [-0.4, -0.2) is 20.1 Å². The second kappa shape index (κ2) is 8.30. The zero-order valence-electron chi connectivity index (χ0n) is 17.7. The molecule has 1 atom stereocenters. The number of hydrogen-bond donors (Lipinski definition) is 1. The van der Waals surface area contributed by atoms with Gasteiger partial charge in [0.25, 0.3) is 10.0 Å². The van der Waals surface area contributed by atoms with E-state index in [-0.39, 0.29) is 16.2 Å². The summed E-state index contributed by atoms with van der Waals surface area (Å²) in [6.45, 7) is 1.92. The highest BCUT2D eigenvalue weighted by Crippen LogP contribution is 2.43. The van der Waals surface area contributed by atoms with E-state index >= 15 is 0 Å². The lowest BCUT2D eigenvalue weighted by molar-refractivity contribution is -0.115. The van der Waals surface area contributed by atoms with Gasteiger partial charge in [0.15, 0.2) is 0 Å². The Morgan fingerprint density at radius 2 is 1.66 bits per heavy atom. The molecule has 0 spiro atoms. The van der Waals surface area contributed by atoms with Gasteiger partial charge in [-0.1, -0.05) is 35.9 Å². The quantitative estimate of drug-likeness (QED) is 0.573. The van der Waals surface area contributed by atoms with Gasteiger partial charge in [0.2, 0.25) is 5.91 Å². The number of hydrogen-bond acceptors (Lipinski definition) is 4. The number of benzene rings is 3. The molecule has 5 rings (SSSR count). The van der Waals surface area contributed by atoms with Gasteiger partial charge >= 0.3 is 0 Å². The van der Waals surface area contributed by atoms with Crippen molar-refractivity contribution in [1.82, 2.24) is 0 Å². The van der Waals surface area contributed by atoms with Crippen molar-refractivity contribution in [3.05, 3.63) is 89.0 Å². The first-order valence-corrected chi connectivity index (χ1v) is 13.2. The van der Waals surface area contributed by atoms with Gasteiger partial charge in [-0.25, -0.2) is 8.42 Å². The number of nitrogens with zero attached hydrogens (tertiary/aromatic N) is 1. The van der Waals surface area contributed by atoms with E-state index in [2.05, 4.69) is 16.9 Å². The maximum Gasteiger partial charge on any atom is 0.261 e. The number of fused-ring (bicyclic) bond motifs is 1. The fraction of sp³-hybridized carbons (Fsp3) is 0.240. The normalized spacial score (nSPS) is 18.1. The van der Waals surface area contributed by atoms with Crippen LogP contribution in [0.2, 0.25) is 0 Å². The molecular weight excluding hydrogens is 440 g/mol. The van der Waals surface area contributed by atoms with E-state index in [1.807, 2.05) is 30.0 Å². The summed E-state index contributed by atoms with van der Waals surface area (Å²) in [5, 5.41) is -0.121. The van der Waals surface area contributed by atoms with E-state index < -0.39 is 10.0 Å². The van der Waals surface area contributed by atoms with Crippen molar-refractivity contribution in [3.63, 3.8) is 0 Å². The molecule has 1 fully saturated rings. The van der Waals surface area contributed by atoms with Crippen molar-refractivity contribution in [1.29, 1.82) is 0 Å². The van der Waals surface area contributed by atoms with Crippen LogP contribution in [0, 0.1) is 6.92 Å². The number of amides is 1. The molecule has 2 aliphatic rings. The SMILES string of the molecule is Cc1ccc(S(=O)(=O)Nc2ccc(C3SCC(=O)N3c3ccc4c(c3)CCC4)cc2)cc1. The van der Waals surface area contributed by atoms with E-state index in [0.717, 1.165) is 29.7 Å². The zero-order valence-corrected chi connectivity index (χ0v) is 19.4. The Labute approximate surface area is 192 Å². The van der Waals surface area contributed by atoms with Crippen LogP contribution in [0.3, 0.4) is 0 Å². The highest BCUT2D eigenvalue weighted by Gasteiger charge is 2.34. The van der Waals surface area contributed by atoms with Crippen molar-refractivity contribution in [2.75, 3.05) is 15.4 Å². The highest BCUT2D eigenvalue weighted by molar-refractivity contribution is 8.00. The summed E-state index contributed by atoms with van der Waals surface area (Å²) in [4.78, 5) is 14.8. The molecule has 0 saturated carbocycles. The highest BCUT2D eigenvalue weighted by atomic mass is 32.2. The van der Waals surface area contributed by atoms with Gasteiger partial charge in [0.1, 0.15) is 5.37 Å². The van der Waals surface area contributed by atoms with Crippen molar-refractivity contribution in [2.45, 2.75) is 36.5 Å². The Balaban J connectivity index is 1.37. The van der Waals surface area contributed by atoms with Crippen LogP contribution in [0.15, 0.2) is 71.6 Å². The number of nitrogens with one attached hydrogen (secondary N) is 1. The lowest BCUT2D eigenvalue weighted by Gasteiger charge is -2.25. The van der Waals surface area contributed by atoms with E-state index in [1.54, 1.807) is 48.2 Å². The summed E-state index contributed by atoms with van der Waals surface area (Å²) >= 11 is 1.59. The average Bonchev–Trinajstić information content (AvgIpc) is 3.40. The van der Waals surface area contributed by atoms with Gasteiger partial charge < -0.3 is 0 Å². The predicted molar refractivity (Wildman–Crippen MR) is 130 cm³/mol. The largest absolute Gasteiger partial charge is 0.295 e. The topological polar surface area (TPSA) is 66.5 Å². The molecule has 164 valence electrons. The smallest absolute Gasteiger partial charge is 0.261 e. The molecule has 1 unspecified atom stereocenters. The van der Waals surface area contributed by atoms with Gasteiger partial charge in [-0.05, 0) is 79.3 Å². The minimum atomic E-state index is -3.65. The molecule has 0 aromatic heterocycles. The number of anilines is 2. The van der Waals surface area contributed by atoms with Crippen LogP contribution >= 0.6 is 11.8 Å². The van der Waals surface area contributed by atoms with E-state index in [0.29, 0.717) is 11.4 Å². The molecule has 32 heavy (non-hydrogen) atoms. The van der Waals surface area contributed by atoms with Crippen LogP contribution in [0.5, 0.6) is 0 Å². The average molecular weight is 465 g/mol. The van der Waals surface area contributed by atoms with E-state index in [4.69, 9.17) is 0 Å². The Hall–Kier alpha value is -2.77. The second-order valence-corrected chi connectivity index (χ2v) is 11.0. The van der Waals surface area contributed by atoms with Crippen LogP contribution in [-0.2, 0) is 27.7 Å². The number of sulfonamides is 1. The van der Waals surface area contributed by atoms with Crippen molar-refractivity contribution in [3.8, 4) is 0 Å². The molecule has 7 heteroatoms. The molecule has 0 radical (unpaired) electrons. The first-order chi connectivity index (χ1) is 15.4. The van der Waals surface area contributed by atoms with Gasteiger partial charge in [-0.2, -0.15) is 0 Å². The summed E-state index contributed by atoms with van der Waals surface area (Å²) in [7, 11) is -3.65. The molecule has 3 aromatic carbocycles. The third-order valence-corrected chi connectivity index (χ3v) is 8.62. The van der Waals surface area contributed by atoms with Crippen LogP contribution < -0.4 is 9.62 Å². The maximum absolute atomic E-state index is 12.7. The van der Waals surface area contributed by atoms with Crippen LogP contribution in [0.1, 0.15) is 34.0 Å². The van der Waals surface area contributed by atoms with Crippen LogP contribution in [0.4, 0.5) is 11.4 Å². The van der Waals surface area contributed by atoms with Gasteiger partial charge in [-0.15, -0.1) is 11.8 Å². The summed E-state index contributed by atoms with van der Waals surface area (Å²) in [5.74, 6) is 0.533. The monoisotopic (exact) mass is 464 g/mol. The first kappa shape index (κ1) is 21.1. The van der Waals surface area contributed by atoms with Crippen molar-refractivity contribution < 1.29 is 13.2 Å². The first-order valence-electron chi connectivity index (χ1n) is 10.7.